The van der Waals surface area contributed by atoms with Crippen LogP contribution < -0.4 is 10.1 Å². The molecule has 1 aliphatic rings. The molecule has 5 nitrogen and oxygen atoms in total. The summed E-state index contributed by atoms with van der Waals surface area (Å²) in [5, 5.41) is 2.86. The highest BCUT2D eigenvalue weighted by Crippen LogP contribution is 2.37. The molecular formula is C16H23NO4Si-. The third kappa shape index (κ3) is 3.39. The Hall–Kier alpha value is -1.66. The number of anilines is 1. The average Bonchev–Trinajstić information content (AvgIpc) is 2.43. The molecule has 1 unspecified atom stereocenters. The van der Waals surface area contributed by atoms with Gasteiger partial charge in [-0.1, -0.05) is 20.8 Å². The summed E-state index contributed by atoms with van der Waals surface area (Å²) in [6, 6.07) is 4.94. The predicted molar refractivity (Wildman–Crippen MR) is 88.0 cm³/mol. The van der Waals surface area contributed by atoms with Crippen molar-refractivity contribution in [3.63, 3.8) is 0 Å². The van der Waals surface area contributed by atoms with E-state index in [1.807, 2.05) is 0 Å². The number of carbonyl (C=O) groups excluding carboxylic acids is 2. The number of carbonyl (C=O) groups is 2. The third-order valence-corrected chi connectivity index (χ3v) is 8.86. The molecule has 0 fully saturated rings. The summed E-state index contributed by atoms with van der Waals surface area (Å²) in [4.78, 5) is 23.0. The molecule has 1 N–H and O–H groups in total. The highest BCUT2D eigenvalue weighted by molar-refractivity contribution is 6.74. The fourth-order valence-electron chi connectivity index (χ4n) is 1.84. The zero-order valence-electron chi connectivity index (χ0n) is 13.7. The molecule has 1 amide bonds. The number of amides is 1. The molecule has 0 spiro atoms. The summed E-state index contributed by atoms with van der Waals surface area (Å²) in [6.07, 6.45) is 0.0600. The van der Waals surface area contributed by atoms with Gasteiger partial charge in [-0.25, -0.2) is 0 Å². The van der Waals surface area contributed by atoms with E-state index in [2.05, 4.69) is 39.2 Å². The van der Waals surface area contributed by atoms with Gasteiger partial charge in [0.05, 0.1) is 12.3 Å². The highest BCUT2D eigenvalue weighted by atomic mass is 28.4. The lowest BCUT2D eigenvalue weighted by Gasteiger charge is -2.49. The van der Waals surface area contributed by atoms with Crippen LogP contribution in [-0.4, -0.2) is 33.2 Å². The smallest absolute Gasteiger partial charge is 0.267 e. The van der Waals surface area contributed by atoms with Gasteiger partial charge in [-0.15, -0.1) is 18.1 Å². The van der Waals surface area contributed by atoms with Crippen molar-refractivity contribution in [2.24, 2.45) is 0 Å². The fourth-order valence-corrected chi connectivity index (χ4v) is 2.84. The lowest BCUT2D eigenvalue weighted by atomic mass is 10.1. The van der Waals surface area contributed by atoms with Gasteiger partial charge in [0.1, 0.15) is 12.0 Å². The minimum atomic E-state index is -1.94. The molecule has 0 saturated heterocycles. The van der Waals surface area contributed by atoms with E-state index in [1.165, 1.54) is 0 Å². The Balaban J connectivity index is 2.10. The topological polar surface area (TPSA) is 64.6 Å². The molecule has 6 heteroatoms. The zero-order valence-corrected chi connectivity index (χ0v) is 14.7. The largest absolute Gasteiger partial charge is 0.562 e. The maximum atomic E-state index is 12.1. The van der Waals surface area contributed by atoms with E-state index in [9.17, 15) is 9.59 Å². The molecule has 121 valence electrons. The quantitative estimate of drug-likeness (QED) is 0.683. The number of rotatable bonds is 4. The van der Waals surface area contributed by atoms with Crippen molar-refractivity contribution >= 4 is 26.2 Å². The van der Waals surface area contributed by atoms with Gasteiger partial charge < -0.3 is 14.5 Å². The number of hydrogen-bond acceptors (Lipinski definition) is 4. The average molecular weight is 321 g/mol. The molecule has 1 aliphatic heterocycles. The van der Waals surface area contributed by atoms with Crippen LogP contribution in [-0.2, 0) is 9.22 Å². The van der Waals surface area contributed by atoms with Gasteiger partial charge in [0, 0.05) is 5.56 Å². The van der Waals surface area contributed by atoms with Crippen LogP contribution in [0.15, 0.2) is 18.2 Å². The molecule has 0 aromatic heterocycles. The van der Waals surface area contributed by atoms with Crippen LogP contribution in [0.25, 0.3) is 0 Å². The second-order valence-electron chi connectivity index (χ2n) is 7.04. The molecule has 1 atom stereocenters. The first kappa shape index (κ1) is 16.7. The summed E-state index contributed by atoms with van der Waals surface area (Å²) in [7, 11) is -1.94. The number of ether oxygens (including phenoxy) is 1. The number of hydrogen-bond donors (Lipinski definition) is 1. The molecule has 1 heterocycles. The van der Waals surface area contributed by atoms with Crippen LogP contribution in [0.3, 0.4) is 0 Å². The van der Waals surface area contributed by atoms with E-state index in [4.69, 9.17) is 9.16 Å². The second-order valence-corrected chi connectivity index (χ2v) is 11.8. The van der Waals surface area contributed by atoms with E-state index in [-0.39, 0.29) is 17.6 Å². The summed E-state index contributed by atoms with van der Waals surface area (Å²) < 4.78 is 11.8. The highest BCUT2D eigenvalue weighted by Gasteiger charge is 2.31. The van der Waals surface area contributed by atoms with Crippen molar-refractivity contribution < 1.29 is 18.8 Å². The van der Waals surface area contributed by atoms with Gasteiger partial charge in [-0.05, 0) is 26.5 Å². The van der Waals surface area contributed by atoms with E-state index in [0.29, 0.717) is 17.0 Å². The van der Waals surface area contributed by atoms with E-state index >= 15 is 0 Å². The first-order valence-corrected chi connectivity index (χ1v) is 10.3. The molecule has 0 bridgehead atoms. The van der Waals surface area contributed by atoms with Crippen molar-refractivity contribution in [2.75, 3.05) is 11.9 Å². The lowest BCUT2D eigenvalue weighted by Crippen LogP contribution is -2.47. The van der Waals surface area contributed by atoms with E-state index < -0.39 is 14.4 Å². The minimum Gasteiger partial charge on any atom is -0.562 e. The normalized spacial score (nSPS) is 18.2. The summed E-state index contributed by atoms with van der Waals surface area (Å²) >= 11 is 0. The second kappa shape index (κ2) is 5.85. The molecule has 22 heavy (non-hydrogen) atoms. The monoisotopic (exact) mass is 321 g/mol. The van der Waals surface area contributed by atoms with Gasteiger partial charge in [0.15, 0.2) is 6.10 Å². The van der Waals surface area contributed by atoms with E-state index in [1.54, 1.807) is 18.2 Å². The molecule has 1 aromatic carbocycles. The van der Waals surface area contributed by atoms with Crippen LogP contribution in [0.4, 0.5) is 5.69 Å². The number of fused-ring (bicyclic) bond motifs is 1. The predicted octanol–water partition coefficient (Wildman–Crippen LogP) is 3.22. The van der Waals surface area contributed by atoms with Crippen molar-refractivity contribution in [3.8, 4) is 5.75 Å². The van der Waals surface area contributed by atoms with Gasteiger partial charge in [0.2, 0.25) is 0 Å². The maximum absolute atomic E-state index is 12.1. The first-order chi connectivity index (χ1) is 10.1. The molecule has 1 aromatic rings. The fraction of sp³-hybridized carbons (Fsp3) is 0.500. The first-order valence-electron chi connectivity index (χ1n) is 7.35. The molecule has 0 aliphatic carbocycles. The molecule has 0 saturated carbocycles. The SMILES string of the molecule is CC(C)(C)[Si-](C)(C)OCC1Oc2cc(C=O)ccc2NC1=O. The number of benzene rings is 1. The van der Waals surface area contributed by atoms with Crippen LogP contribution in [0.1, 0.15) is 31.1 Å². The van der Waals surface area contributed by atoms with Crippen LogP contribution in [0.2, 0.25) is 18.1 Å². The Bertz CT molecular complexity index is 592. The van der Waals surface area contributed by atoms with Crippen molar-refractivity contribution in [3.05, 3.63) is 23.8 Å². The van der Waals surface area contributed by atoms with Crippen LogP contribution in [0, 0.1) is 0 Å². The zero-order chi connectivity index (χ0) is 16.5. The summed E-state index contributed by atoms with van der Waals surface area (Å²) in [6.45, 7) is 10.9. The van der Waals surface area contributed by atoms with Gasteiger partial charge in [-0.3, -0.25) is 9.59 Å². The minimum absolute atomic E-state index is 0.0702. The van der Waals surface area contributed by atoms with Crippen LogP contribution >= 0.6 is 0 Å². The lowest BCUT2D eigenvalue weighted by molar-refractivity contribution is -0.124. The number of aldehydes is 1. The molecule has 0 radical (unpaired) electrons. The van der Waals surface area contributed by atoms with Crippen molar-refractivity contribution in [1.29, 1.82) is 0 Å². The Morgan fingerprint density at radius 2 is 2.05 bits per heavy atom. The number of nitrogens with one attached hydrogen (secondary N) is 1. The standard InChI is InChI=1S/C16H23NO4Si/c1-16(2,3)22(4,5)20-10-14-15(19)17-12-7-6-11(9-18)8-13(12)21-14/h6-9,14H,10H2,1-5H3,(H,17,19)/q-1. The molecular weight excluding hydrogens is 298 g/mol. The molecule has 2 rings (SSSR count). The maximum Gasteiger partial charge on any atom is 0.267 e. The van der Waals surface area contributed by atoms with Gasteiger partial charge in [-0.2, -0.15) is 0 Å². The van der Waals surface area contributed by atoms with Crippen molar-refractivity contribution in [1.82, 2.24) is 0 Å². The summed E-state index contributed by atoms with van der Waals surface area (Å²) in [5.41, 5.74) is 1.10. The summed E-state index contributed by atoms with van der Waals surface area (Å²) in [5.74, 6) is 0.290. The van der Waals surface area contributed by atoms with Gasteiger partial charge in [0.25, 0.3) is 5.91 Å². The van der Waals surface area contributed by atoms with Crippen LogP contribution in [0.5, 0.6) is 5.75 Å². The third-order valence-electron chi connectivity index (χ3n) is 4.36. The van der Waals surface area contributed by atoms with Crippen molar-refractivity contribution in [2.45, 2.75) is 45.0 Å². The Morgan fingerprint density at radius 1 is 1.36 bits per heavy atom. The Labute approximate surface area is 132 Å². The van der Waals surface area contributed by atoms with Gasteiger partial charge >= 0.3 is 0 Å². The Morgan fingerprint density at radius 3 is 2.64 bits per heavy atom. The Kier molecular flexibility index (Phi) is 4.44. The van der Waals surface area contributed by atoms with E-state index in [0.717, 1.165) is 6.29 Å².